The van der Waals surface area contributed by atoms with Gasteiger partial charge in [-0.05, 0) is 36.4 Å². The summed E-state index contributed by atoms with van der Waals surface area (Å²) in [5.41, 5.74) is 0.475. The van der Waals surface area contributed by atoms with E-state index in [1.165, 1.54) is 34.6 Å². The van der Waals surface area contributed by atoms with Gasteiger partial charge in [-0.1, -0.05) is 17.7 Å². The van der Waals surface area contributed by atoms with Gasteiger partial charge in [0.1, 0.15) is 17.4 Å². The molecular weight excluding hydrogens is 365 g/mol. The van der Waals surface area contributed by atoms with Crippen molar-refractivity contribution in [2.24, 2.45) is 0 Å². The summed E-state index contributed by atoms with van der Waals surface area (Å²) in [7, 11) is -3.60. The molecule has 0 radical (unpaired) electrons. The minimum Gasteiger partial charge on any atom is -0.368 e. The second-order valence-electron chi connectivity index (χ2n) is 5.59. The fourth-order valence-corrected chi connectivity index (χ4v) is 4.36. The average Bonchev–Trinajstić information content (AvgIpc) is 2.62. The Balaban J connectivity index is 1.77. The molecule has 5 nitrogen and oxygen atoms in total. The minimum atomic E-state index is -3.60. The maximum Gasteiger partial charge on any atom is 0.243 e. The largest absolute Gasteiger partial charge is 0.368 e. The maximum atomic E-state index is 13.8. The Morgan fingerprint density at radius 3 is 2.28 bits per heavy atom. The number of hydrogen-bond acceptors (Lipinski definition) is 4. The predicted molar refractivity (Wildman–Crippen MR) is 93.5 cm³/mol. The highest BCUT2D eigenvalue weighted by molar-refractivity contribution is 7.89. The number of nitrogens with zero attached hydrogens (tertiary/aromatic N) is 3. The summed E-state index contributed by atoms with van der Waals surface area (Å²) in [5, 5.41) is 9.62. The fraction of sp³-hybridized carbons (Fsp3) is 0.235. The van der Waals surface area contributed by atoms with Crippen LogP contribution in [0.1, 0.15) is 5.56 Å². The smallest absolute Gasteiger partial charge is 0.243 e. The lowest BCUT2D eigenvalue weighted by atomic mass is 10.1. The zero-order valence-corrected chi connectivity index (χ0v) is 14.8. The molecule has 0 spiro atoms. The molecule has 8 heteroatoms. The average molecular weight is 380 g/mol. The van der Waals surface area contributed by atoms with Gasteiger partial charge in [0.15, 0.2) is 0 Å². The van der Waals surface area contributed by atoms with Gasteiger partial charge in [0.05, 0.1) is 10.6 Å². The van der Waals surface area contributed by atoms with Gasteiger partial charge in [-0.25, -0.2) is 12.8 Å². The molecule has 0 amide bonds. The van der Waals surface area contributed by atoms with Crippen LogP contribution < -0.4 is 4.90 Å². The van der Waals surface area contributed by atoms with Gasteiger partial charge < -0.3 is 4.90 Å². The molecule has 0 N–H and O–H groups in total. The first-order valence-electron chi connectivity index (χ1n) is 7.63. The molecule has 130 valence electrons. The first kappa shape index (κ1) is 17.7. The number of sulfonamides is 1. The first-order valence-corrected chi connectivity index (χ1v) is 9.44. The van der Waals surface area contributed by atoms with Crippen molar-refractivity contribution in [3.63, 3.8) is 0 Å². The molecule has 0 atom stereocenters. The minimum absolute atomic E-state index is 0.0171. The van der Waals surface area contributed by atoms with Crippen LogP contribution in [0.25, 0.3) is 0 Å². The molecular formula is C17H15ClFN3O2S. The lowest BCUT2D eigenvalue weighted by molar-refractivity contribution is 0.384. The van der Waals surface area contributed by atoms with Crippen LogP contribution in [0.2, 0.25) is 5.02 Å². The standard InChI is InChI=1S/C17H15ClFN3O2S/c18-13-4-6-14(7-5-13)25(23,24)22-10-8-21(9-11-22)17-3-1-2-16(19)15(17)12-20/h1-7H,8-11H2. The molecule has 1 saturated heterocycles. The Bertz CT molecular complexity index is 918. The molecule has 25 heavy (non-hydrogen) atoms. The Morgan fingerprint density at radius 1 is 1.04 bits per heavy atom. The predicted octanol–water partition coefficient (Wildman–Crippen LogP) is 2.86. The Morgan fingerprint density at radius 2 is 1.68 bits per heavy atom. The zero-order chi connectivity index (χ0) is 18.0. The number of benzene rings is 2. The molecule has 1 aliphatic rings. The Kier molecular flexibility index (Phi) is 4.95. The Labute approximate surface area is 150 Å². The highest BCUT2D eigenvalue weighted by Gasteiger charge is 2.29. The number of hydrogen-bond donors (Lipinski definition) is 0. The van der Waals surface area contributed by atoms with E-state index in [1.54, 1.807) is 12.1 Å². The number of halogens is 2. The quantitative estimate of drug-likeness (QED) is 0.822. The molecule has 0 aromatic heterocycles. The third-order valence-corrected chi connectivity index (χ3v) is 6.30. The molecule has 1 fully saturated rings. The van der Waals surface area contributed by atoms with Crippen molar-refractivity contribution in [2.45, 2.75) is 4.90 Å². The van der Waals surface area contributed by atoms with Crippen molar-refractivity contribution in [3.8, 4) is 6.07 Å². The number of rotatable bonds is 3. The highest BCUT2D eigenvalue weighted by atomic mass is 35.5. The molecule has 0 aliphatic carbocycles. The van der Waals surface area contributed by atoms with E-state index in [0.29, 0.717) is 23.8 Å². The van der Waals surface area contributed by atoms with Crippen LogP contribution >= 0.6 is 11.6 Å². The van der Waals surface area contributed by atoms with E-state index in [-0.39, 0.29) is 23.5 Å². The summed E-state index contributed by atoms with van der Waals surface area (Å²) in [4.78, 5) is 2.02. The SMILES string of the molecule is N#Cc1c(F)cccc1N1CCN(S(=O)(=O)c2ccc(Cl)cc2)CC1. The second kappa shape index (κ2) is 7.00. The monoisotopic (exact) mass is 379 g/mol. The summed E-state index contributed by atoms with van der Waals surface area (Å²) >= 11 is 5.80. The van der Waals surface area contributed by atoms with Crippen molar-refractivity contribution in [3.05, 3.63) is 58.9 Å². The van der Waals surface area contributed by atoms with Crippen LogP contribution in [0.3, 0.4) is 0 Å². The van der Waals surface area contributed by atoms with Crippen molar-refractivity contribution in [1.29, 1.82) is 5.26 Å². The topological polar surface area (TPSA) is 64.4 Å². The number of piperazine rings is 1. The van der Waals surface area contributed by atoms with Crippen LogP contribution in [-0.4, -0.2) is 38.9 Å². The molecule has 1 aliphatic heterocycles. The molecule has 1 heterocycles. The van der Waals surface area contributed by atoms with Crippen molar-refractivity contribution >= 4 is 27.3 Å². The third kappa shape index (κ3) is 3.47. The van der Waals surface area contributed by atoms with E-state index in [4.69, 9.17) is 16.9 Å². The van der Waals surface area contributed by atoms with E-state index < -0.39 is 15.8 Å². The van der Waals surface area contributed by atoms with Crippen LogP contribution in [0, 0.1) is 17.1 Å². The van der Waals surface area contributed by atoms with E-state index in [1.807, 2.05) is 11.0 Å². The zero-order valence-electron chi connectivity index (χ0n) is 13.2. The lowest BCUT2D eigenvalue weighted by Crippen LogP contribution is -2.48. The van der Waals surface area contributed by atoms with E-state index in [2.05, 4.69) is 0 Å². The van der Waals surface area contributed by atoms with Gasteiger partial charge in [-0.3, -0.25) is 0 Å². The number of nitriles is 1. The second-order valence-corrected chi connectivity index (χ2v) is 7.97. The molecule has 2 aromatic carbocycles. The maximum absolute atomic E-state index is 13.8. The summed E-state index contributed by atoms with van der Waals surface area (Å²) in [6.45, 7) is 1.27. The van der Waals surface area contributed by atoms with Crippen molar-refractivity contribution < 1.29 is 12.8 Å². The van der Waals surface area contributed by atoms with Crippen LogP contribution in [0.5, 0.6) is 0 Å². The lowest BCUT2D eigenvalue weighted by Gasteiger charge is -2.35. The van der Waals surface area contributed by atoms with Gasteiger partial charge in [-0.15, -0.1) is 0 Å². The normalized spacial score (nSPS) is 15.8. The van der Waals surface area contributed by atoms with Crippen LogP contribution in [0.4, 0.5) is 10.1 Å². The molecule has 0 saturated carbocycles. The van der Waals surface area contributed by atoms with E-state index in [9.17, 15) is 12.8 Å². The summed E-state index contributed by atoms with van der Waals surface area (Å²) < 4.78 is 40.5. The molecule has 3 rings (SSSR count). The summed E-state index contributed by atoms with van der Waals surface area (Å²) in [5.74, 6) is -0.573. The van der Waals surface area contributed by atoms with Gasteiger partial charge >= 0.3 is 0 Å². The van der Waals surface area contributed by atoms with Gasteiger partial charge in [-0.2, -0.15) is 9.57 Å². The van der Waals surface area contributed by atoms with Crippen molar-refractivity contribution in [1.82, 2.24) is 4.31 Å². The third-order valence-electron chi connectivity index (χ3n) is 4.13. The van der Waals surface area contributed by atoms with Gasteiger partial charge in [0, 0.05) is 31.2 Å². The van der Waals surface area contributed by atoms with Gasteiger partial charge in [0.25, 0.3) is 0 Å². The summed E-state index contributed by atoms with van der Waals surface area (Å²) in [6, 6.07) is 12.4. The van der Waals surface area contributed by atoms with Gasteiger partial charge in [0.2, 0.25) is 10.0 Å². The highest BCUT2D eigenvalue weighted by Crippen LogP contribution is 2.25. The van der Waals surface area contributed by atoms with E-state index in [0.717, 1.165) is 0 Å². The summed E-state index contributed by atoms with van der Waals surface area (Å²) in [6.07, 6.45) is 0. The van der Waals surface area contributed by atoms with Crippen LogP contribution in [0.15, 0.2) is 47.4 Å². The van der Waals surface area contributed by atoms with Crippen LogP contribution in [-0.2, 0) is 10.0 Å². The fourth-order valence-electron chi connectivity index (χ4n) is 2.81. The van der Waals surface area contributed by atoms with Crippen molar-refractivity contribution in [2.75, 3.05) is 31.1 Å². The number of anilines is 1. The molecule has 2 aromatic rings. The Hall–Kier alpha value is -2.14. The van der Waals surface area contributed by atoms with E-state index >= 15 is 0 Å². The molecule has 0 unspecified atom stereocenters. The first-order chi connectivity index (χ1) is 11.9. The molecule has 0 bridgehead atoms.